The highest BCUT2D eigenvalue weighted by Gasteiger charge is 1.84. The summed E-state index contributed by atoms with van der Waals surface area (Å²) in [5, 5.41) is 0. The monoisotopic (exact) mass is 169 g/mol. The summed E-state index contributed by atoms with van der Waals surface area (Å²) < 4.78 is 9.89. The Labute approximate surface area is 68.3 Å². The number of halogens is 1. The number of nitrogens with two attached hydrogens (primary N) is 1. The summed E-state index contributed by atoms with van der Waals surface area (Å²) in [5.41, 5.74) is 5.19. The van der Waals surface area contributed by atoms with Crippen molar-refractivity contribution in [2.24, 2.45) is 5.73 Å². The minimum absolute atomic E-state index is 0. The molecule has 0 aromatic heterocycles. The first kappa shape index (κ1) is 12.8. The predicted octanol–water partition coefficient (Wildman–Crippen LogP) is 0.420. The first-order valence-corrected chi connectivity index (χ1v) is 3.18. The van der Waals surface area contributed by atoms with Crippen LogP contribution in [-0.2, 0) is 9.47 Å². The van der Waals surface area contributed by atoms with E-state index in [0.717, 1.165) is 19.6 Å². The highest BCUT2D eigenvalue weighted by Crippen LogP contribution is 1.81. The lowest BCUT2D eigenvalue weighted by Crippen LogP contribution is -2.09. The fourth-order valence-electron chi connectivity index (χ4n) is 0.491. The lowest BCUT2D eigenvalue weighted by Gasteiger charge is -1.99. The molecule has 0 aliphatic heterocycles. The maximum absolute atomic E-state index is 5.19. The van der Waals surface area contributed by atoms with Gasteiger partial charge in [0.25, 0.3) is 0 Å². The van der Waals surface area contributed by atoms with E-state index >= 15 is 0 Å². The molecule has 0 aromatic rings. The van der Waals surface area contributed by atoms with E-state index in [2.05, 4.69) is 0 Å². The van der Waals surface area contributed by atoms with Gasteiger partial charge in [-0.1, -0.05) is 0 Å². The third-order valence-electron chi connectivity index (χ3n) is 0.899. The van der Waals surface area contributed by atoms with Crippen LogP contribution in [0.15, 0.2) is 0 Å². The molecule has 0 unspecified atom stereocenters. The van der Waals surface area contributed by atoms with Gasteiger partial charge < -0.3 is 15.2 Å². The van der Waals surface area contributed by atoms with Crippen molar-refractivity contribution in [2.75, 3.05) is 33.5 Å². The average Bonchev–Trinajstić information content (AvgIpc) is 1.89. The zero-order valence-corrected chi connectivity index (χ0v) is 7.15. The molecule has 0 amide bonds. The van der Waals surface area contributed by atoms with E-state index in [9.17, 15) is 0 Å². The molecule has 64 valence electrons. The molecule has 4 heteroatoms. The summed E-state index contributed by atoms with van der Waals surface area (Å²) in [7, 11) is 1.68. The van der Waals surface area contributed by atoms with Gasteiger partial charge in [0, 0.05) is 26.9 Å². The van der Waals surface area contributed by atoms with Crippen LogP contribution in [0.25, 0.3) is 0 Å². The molecule has 0 saturated heterocycles. The smallest absolute Gasteiger partial charge is 0.0588 e. The van der Waals surface area contributed by atoms with Gasteiger partial charge in [0.05, 0.1) is 6.61 Å². The first-order chi connectivity index (χ1) is 4.41. The lowest BCUT2D eigenvalue weighted by atomic mass is 10.5. The van der Waals surface area contributed by atoms with E-state index in [1.165, 1.54) is 0 Å². The van der Waals surface area contributed by atoms with Gasteiger partial charge in [0.2, 0.25) is 0 Å². The van der Waals surface area contributed by atoms with Crippen molar-refractivity contribution in [3.05, 3.63) is 0 Å². The van der Waals surface area contributed by atoms with Crippen molar-refractivity contribution in [2.45, 2.75) is 6.42 Å². The summed E-state index contributed by atoms with van der Waals surface area (Å²) >= 11 is 0. The Balaban J connectivity index is 0. The average molecular weight is 170 g/mol. The number of rotatable bonds is 6. The summed E-state index contributed by atoms with van der Waals surface area (Å²) in [6, 6.07) is 0. The molecule has 0 spiro atoms. The third-order valence-corrected chi connectivity index (χ3v) is 0.899. The second kappa shape index (κ2) is 11.9. The molecule has 0 radical (unpaired) electrons. The molecule has 0 saturated carbocycles. The Bertz CT molecular complexity index is 49.0. The molecule has 0 rings (SSSR count). The van der Waals surface area contributed by atoms with E-state index in [0.29, 0.717) is 13.2 Å². The van der Waals surface area contributed by atoms with Crippen molar-refractivity contribution in [3.8, 4) is 0 Å². The molecule has 0 aliphatic carbocycles. The molecule has 0 fully saturated rings. The van der Waals surface area contributed by atoms with E-state index in [1.807, 2.05) is 0 Å². The van der Waals surface area contributed by atoms with Gasteiger partial charge in [0.15, 0.2) is 0 Å². The number of ether oxygens (including phenoxy) is 2. The molecule has 2 N–H and O–H groups in total. The van der Waals surface area contributed by atoms with Crippen LogP contribution in [0.5, 0.6) is 0 Å². The minimum Gasteiger partial charge on any atom is -0.385 e. The molecule has 0 atom stereocenters. The largest absolute Gasteiger partial charge is 0.385 e. The quantitative estimate of drug-likeness (QED) is 0.587. The Morgan fingerprint density at radius 1 is 1.20 bits per heavy atom. The molecule has 10 heavy (non-hydrogen) atoms. The van der Waals surface area contributed by atoms with Crippen LogP contribution in [0.3, 0.4) is 0 Å². The van der Waals surface area contributed by atoms with Crippen molar-refractivity contribution >= 4 is 12.4 Å². The van der Waals surface area contributed by atoms with E-state index < -0.39 is 0 Å². The second-order valence-corrected chi connectivity index (χ2v) is 1.75. The zero-order valence-electron chi connectivity index (χ0n) is 6.34. The van der Waals surface area contributed by atoms with Crippen LogP contribution < -0.4 is 5.73 Å². The maximum atomic E-state index is 5.19. The normalized spacial score (nSPS) is 9.00. The SMILES string of the molecule is COCCCOCCN.Cl. The standard InChI is InChI=1S/C6H15NO2.ClH/c1-8-4-2-5-9-6-3-7;/h2-7H2,1H3;1H. The summed E-state index contributed by atoms with van der Waals surface area (Å²) in [6.07, 6.45) is 0.955. The van der Waals surface area contributed by atoms with Crippen LogP contribution in [0.4, 0.5) is 0 Å². The van der Waals surface area contributed by atoms with Gasteiger partial charge in [-0.05, 0) is 6.42 Å². The molecule has 0 bridgehead atoms. The van der Waals surface area contributed by atoms with Crippen LogP contribution >= 0.6 is 12.4 Å². The van der Waals surface area contributed by atoms with Gasteiger partial charge >= 0.3 is 0 Å². The zero-order chi connectivity index (χ0) is 6.95. The molecule has 0 aliphatic rings. The van der Waals surface area contributed by atoms with Gasteiger partial charge in [-0.3, -0.25) is 0 Å². The molecular weight excluding hydrogens is 154 g/mol. The van der Waals surface area contributed by atoms with Gasteiger partial charge in [-0.25, -0.2) is 0 Å². The predicted molar refractivity (Wildman–Crippen MR) is 43.6 cm³/mol. The minimum atomic E-state index is 0. The number of hydrogen-bond donors (Lipinski definition) is 1. The Kier molecular flexibility index (Phi) is 15.3. The molecule has 0 aromatic carbocycles. The van der Waals surface area contributed by atoms with Crippen molar-refractivity contribution in [1.82, 2.24) is 0 Å². The fraction of sp³-hybridized carbons (Fsp3) is 1.00. The van der Waals surface area contributed by atoms with Gasteiger partial charge in [-0.2, -0.15) is 0 Å². The first-order valence-electron chi connectivity index (χ1n) is 3.18. The second-order valence-electron chi connectivity index (χ2n) is 1.75. The Morgan fingerprint density at radius 2 is 1.90 bits per heavy atom. The van der Waals surface area contributed by atoms with Crippen LogP contribution in [0.2, 0.25) is 0 Å². The van der Waals surface area contributed by atoms with Gasteiger partial charge in [0.1, 0.15) is 0 Å². The molecule has 3 nitrogen and oxygen atoms in total. The van der Waals surface area contributed by atoms with Crippen molar-refractivity contribution in [3.63, 3.8) is 0 Å². The van der Waals surface area contributed by atoms with E-state index in [4.69, 9.17) is 15.2 Å². The summed E-state index contributed by atoms with van der Waals surface area (Å²) in [4.78, 5) is 0. The van der Waals surface area contributed by atoms with E-state index in [-0.39, 0.29) is 12.4 Å². The van der Waals surface area contributed by atoms with Crippen LogP contribution in [0.1, 0.15) is 6.42 Å². The maximum Gasteiger partial charge on any atom is 0.0588 e. The molecule has 0 heterocycles. The van der Waals surface area contributed by atoms with Crippen LogP contribution in [0, 0.1) is 0 Å². The Hall–Kier alpha value is 0.170. The highest BCUT2D eigenvalue weighted by atomic mass is 35.5. The van der Waals surface area contributed by atoms with Crippen molar-refractivity contribution < 1.29 is 9.47 Å². The number of methoxy groups -OCH3 is 1. The number of hydrogen-bond acceptors (Lipinski definition) is 3. The van der Waals surface area contributed by atoms with E-state index in [1.54, 1.807) is 7.11 Å². The summed E-state index contributed by atoms with van der Waals surface area (Å²) in [6.45, 7) is 2.78. The summed E-state index contributed by atoms with van der Waals surface area (Å²) in [5.74, 6) is 0. The van der Waals surface area contributed by atoms with Gasteiger partial charge in [-0.15, -0.1) is 12.4 Å². The van der Waals surface area contributed by atoms with Crippen molar-refractivity contribution in [1.29, 1.82) is 0 Å². The van der Waals surface area contributed by atoms with Crippen LogP contribution in [-0.4, -0.2) is 33.5 Å². The third kappa shape index (κ3) is 11.0. The topological polar surface area (TPSA) is 44.5 Å². The highest BCUT2D eigenvalue weighted by molar-refractivity contribution is 5.85. The fourth-order valence-corrected chi connectivity index (χ4v) is 0.491. The Morgan fingerprint density at radius 3 is 2.40 bits per heavy atom. The molecular formula is C6H16ClNO2. The lowest BCUT2D eigenvalue weighted by molar-refractivity contribution is 0.108.